The molecule has 0 spiro atoms. The standard InChI is InChI=1S/C12H15NO4/c1-16-12(15)9-5-2-3-7-13(9)11(14)10-6-4-8-17-10/h4,6,8-9H,2-3,5,7H2,1H3. The fraction of sp³-hybridized carbons (Fsp3) is 0.500. The lowest BCUT2D eigenvalue weighted by atomic mass is 10.0. The zero-order valence-electron chi connectivity index (χ0n) is 9.72. The first-order chi connectivity index (χ1) is 8.24. The second-order valence-electron chi connectivity index (χ2n) is 4.01. The van der Waals surface area contributed by atoms with Crippen LogP contribution in [0.15, 0.2) is 22.8 Å². The van der Waals surface area contributed by atoms with Gasteiger partial charge in [-0.25, -0.2) is 4.79 Å². The van der Waals surface area contributed by atoms with Crippen LogP contribution in [-0.2, 0) is 9.53 Å². The van der Waals surface area contributed by atoms with Gasteiger partial charge in [0.25, 0.3) is 5.91 Å². The molecule has 0 aliphatic carbocycles. The molecule has 1 aromatic heterocycles. The summed E-state index contributed by atoms with van der Waals surface area (Å²) in [6, 6.07) is 2.78. The van der Waals surface area contributed by atoms with Gasteiger partial charge in [-0.15, -0.1) is 0 Å². The molecular formula is C12H15NO4. The summed E-state index contributed by atoms with van der Waals surface area (Å²) in [5, 5.41) is 0. The SMILES string of the molecule is COC(=O)C1CCCCN1C(=O)c1ccco1. The maximum atomic E-state index is 12.1. The van der Waals surface area contributed by atoms with Crippen LogP contribution in [0, 0.1) is 0 Å². The number of nitrogens with zero attached hydrogens (tertiary/aromatic N) is 1. The predicted octanol–water partition coefficient (Wildman–Crippen LogP) is 1.45. The van der Waals surface area contributed by atoms with E-state index >= 15 is 0 Å². The van der Waals surface area contributed by atoms with Gasteiger partial charge in [-0.05, 0) is 31.4 Å². The van der Waals surface area contributed by atoms with Crippen molar-refractivity contribution >= 4 is 11.9 Å². The van der Waals surface area contributed by atoms with E-state index < -0.39 is 6.04 Å². The maximum Gasteiger partial charge on any atom is 0.328 e. The third-order valence-corrected chi connectivity index (χ3v) is 2.97. The molecule has 5 nitrogen and oxygen atoms in total. The maximum absolute atomic E-state index is 12.1. The van der Waals surface area contributed by atoms with E-state index in [1.165, 1.54) is 18.3 Å². The average Bonchev–Trinajstić information content (AvgIpc) is 2.91. The minimum atomic E-state index is -0.480. The highest BCUT2D eigenvalue weighted by molar-refractivity contribution is 5.94. The topological polar surface area (TPSA) is 59.8 Å². The Morgan fingerprint density at radius 2 is 2.29 bits per heavy atom. The highest BCUT2D eigenvalue weighted by atomic mass is 16.5. The number of furan rings is 1. The van der Waals surface area contributed by atoms with E-state index in [0.29, 0.717) is 13.0 Å². The number of piperidine rings is 1. The average molecular weight is 237 g/mol. The number of carbonyl (C=O) groups is 2. The zero-order valence-corrected chi connectivity index (χ0v) is 9.72. The highest BCUT2D eigenvalue weighted by Crippen LogP contribution is 2.20. The molecule has 1 atom stereocenters. The fourth-order valence-corrected chi connectivity index (χ4v) is 2.10. The number of hydrogen-bond acceptors (Lipinski definition) is 4. The lowest BCUT2D eigenvalue weighted by Crippen LogP contribution is -2.48. The minimum Gasteiger partial charge on any atom is -0.467 e. The molecule has 0 saturated carbocycles. The molecule has 0 radical (unpaired) electrons. The van der Waals surface area contributed by atoms with E-state index in [1.807, 2.05) is 0 Å². The van der Waals surface area contributed by atoms with Crippen LogP contribution >= 0.6 is 0 Å². The number of ether oxygens (including phenoxy) is 1. The minimum absolute atomic E-state index is 0.245. The Bertz CT molecular complexity index is 399. The first-order valence-corrected chi connectivity index (χ1v) is 5.66. The molecule has 1 fully saturated rings. The Morgan fingerprint density at radius 1 is 1.47 bits per heavy atom. The quantitative estimate of drug-likeness (QED) is 0.730. The third kappa shape index (κ3) is 2.33. The summed E-state index contributed by atoms with van der Waals surface area (Å²) in [7, 11) is 1.34. The number of hydrogen-bond donors (Lipinski definition) is 0. The predicted molar refractivity (Wildman–Crippen MR) is 59.4 cm³/mol. The van der Waals surface area contributed by atoms with Crippen molar-refractivity contribution in [2.45, 2.75) is 25.3 Å². The summed E-state index contributed by atoms with van der Waals surface area (Å²) < 4.78 is 9.79. The molecule has 1 aliphatic rings. The normalized spacial score (nSPS) is 20.1. The van der Waals surface area contributed by atoms with E-state index in [2.05, 4.69) is 0 Å². The van der Waals surface area contributed by atoms with Crippen LogP contribution < -0.4 is 0 Å². The third-order valence-electron chi connectivity index (χ3n) is 2.97. The van der Waals surface area contributed by atoms with Crippen LogP contribution in [0.1, 0.15) is 29.8 Å². The fourth-order valence-electron chi connectivity index (χ4n) is 2.10. The van der Waals surface area contributed by atoms with Crippen LogP contribution in [0.25, 0.3) is 0 Å². The smallest absolute Gasteiger partial charge is 0.328 e. The lowest BCUT2D eigenvalue weighted by Gasteiger charge is -2.33. The number of amides is 1. The summed E-state index contributed by atoms with van der Waals surface area (Å²) in [6.07, 6.45) is 3.94. The summed E-state index contributed by atoms with van der Waals surface area (Å²) in [5.41, 5.74) is 0. The highest BCUT2D eigenvalue weighted by Gasteiger charge is 2.34. The van der Waals surface area contributed by atoms with Crippen LogP contribution in [0.2, 0.25) is 0 Å². The second kappa shape index (κ2) is 5.03. The van der Waals surface area contributed by atoms with Crippen LogP contribution in [0.3, 0.4) is 0 Å². The van der Waals surface area contributed by atoms with Gasteiger partial charge in [0.05, 0.1) is 13.4 Å². The Labute approximate surface area is 99.3 Å². The number of likely N-dealkylation sites (tertiary alicyclic amines) is 1. The Kier molecular flexibility index (Phi) is 3.46. The molecule has 2 rings (SSSR count). The second-order valence-corrected chi connectivity index (χ2v) is 4.01. The van der Waals surface area contributed by atoms with Gasteiger partial charge in [-0.2, -0.15) is 0 Å². The van der Waals surface area contributed by atoms with E-state index in [-0.39, 0.29) is 17.6 Å². The van der Waals surface area contributed by atoms with Crippen molar-refractivity contribution in [2.24, 2.45) is 0 Å². The molecule has 17 heavy (non-hydrogen) atoms. The van der Waals surface area contributed by atoms with Crippen molar-refractivity contribution in [2.75, 3.05) is 13.7 Å². The van der Waals surface area contributed by atoms with Gasteiger partial charge in [0.2, 0.25) is 0 Å². The summed E-state index contributed by atoms with van der Waals surface area (Å²) in [5.74, 6) is -0.337. The molecule has 5 heteroatoms. The summed E-state index contributed by atoms with van der Waals surface area (Å²) in [4.78, 5) is 25.3. The van der Waals surface area contributed by atoms with E-state index in [0.717, 1.165) is 12.8 Å². The van der Waals surface area contributed by atoms with E-state index in [1.54, 1.807) is 12.1 Å². The first-order valence-electron chi connectivity index (χ1n) is 5.66. The Morgan fingerprint density at radius 3 is 2.94 bits per heavy atom. The molecule has 1 saturated heterocycles. The Balaban J connectivity index is 2.16. The molecule has 1 aliphatic heterocycles. The van der Waals surface area contributed by atoms with Crippen molar-refractivity contribution < 1.29 is 18.7 Å². The van der Waals surface area contributed by atoms with Crippen molar-refractivity contribution in [1.29, 1.82) is 0 Å². The monoisotopic (exact) mass is 237 g/mol. The molecule has 1 aromatic rings. The number of esters is 1. The van der Waals surface area contributed by atoms with E-state index in [4.69, 9.17) is 9.15 Å². The largest absolute Gasteiger partial charge is 0.467 e. The van der Waals surface area contributed by atoms with Gasteiger partial charge >= 0.3 is 5.97 Å². The first kappa shape index (κ1) is 11.7. The molecule has 1 unspecified atom stereocenters. The molecule has 92 valence electrons. The molecule has 2 heterocycles. The Hall–Kier alpha value is -1.78. The van der Waals surface area contributed by atoms with Crippen molar-refractivity contribution in [3.8, 4) is 0 Å². The van der Waals surface area contributed by atoms with Gasteiger partial charge in [0, 0.05) is 6.54 Å². The molecule has 1 amide bonds. The van der Waals surface area contributed by atoms with Crippen LogP contribution in [0.4, 0.5) is 0 Å². The van der Waals surface area contributed by atoms with Gasteiger partial charge in [-0.3, -0.25) is 4.79 Å². The van der Waals surface area contributed by atoms with Crippen LogP contribution in [0.5, 0.6) is 0 Å². The molecule has 0 N–H and O–H groups in total. The summed E-state index contributed by atoms with van der Waals surface area (Å²) in [6.45, 7) is 0.569. The van der Waals surface area contributed by atoms with Crippen LogP contribution in [-0.4, -0.2) is 36.5 Å². The van der Waals surface area contributed by atoms with Gasteiger partial charge in [0.1, 0.15) is 6.04 Å². The van der Waals surface area contributed by atoms with Crippen molar-refractivity contribution in [1.82, 2.24) is 4.90 Å². The van der Waals surface area contributed by atoms with Gasteiger partial charge in [-0.1, -0.05) is 0 Å². The number of rotatable bonds is 2. The van der Waals surface area contributed by atoms with Gasteiger partial charge in [0.15, 0.2) is 5.76 Å². The number of methoxy groups -OCH3 is 1. The lowest BCUT2D eigenvalue weighted by molar-refractivity contribution is -0.147. The van der Waals surface area contributed by atoms with Crippen molar-refractivity contribution in [3.63, 3.8) is 0 Å². The van der Waals surface area contributed by atoms with Crippen molar-refractivity contribution in [3.05, 3.63) is 24.2 Å². The molecular weight excluding hydrogens is 222 g/mol. The zero-order chi connectivity index (χ0) is 12.3. The summed E-state index contributed by atoms with van der Waals surface area (Å²) >= 11 is 0. The molecule has 0 aromatic carbocycles. The number of carbonyl (C=O) groups excluding carboxylic acids is 2. The molecule has 0 bridgehead atoms. The van der Waals surface area contributed by atoms with E-state index in [9.17, 15) is 9.59 Å². The van der Waals surface area contributed by atoms with Gasteiger partial charge < -0.3 is 14.1 Å².